The number of aromatic hydroxyl groups is 1. The van der Waals surface area contributed by atoms with Gasteiger partial charge in [-0.15, -0.1) is 0 Å². The second-order valence-corrected chi connectivity index (χ2v) is 4.21. The topological polar surface area (TPSA) is 23.5 Å². The van der Waals surface area contributed by atoms with Crippen LogP contribution in [0, 0.1) is 0 Å². The molecule has 1 rings (SSSR count). The summed E-state index contributed by atoms with van der Waals surface area (Å²) in [6.07, 6.45) is 3.44. The molecular formula is C14H23NO. The van der Waals surface area contributed by atoms with E-state index in [1.165, 1.54) is 18.5 Å². The lowest BCUT2D eigenvalue weighted by Gasteiger charge is -2.19. The third kappa shape index (κ3) is 4.67. The van der Waals surface area contributed by atoms with Crippen molar-refractivity contribution >= 4 is 0 Å². The Morgan fingerprint density at radius 2 is 2.00 bits per heavy atom. The minimum atomic E-state index is 0.374. The fourth-order valence-corrected chi connectivity index (χ4v) is 1.96. The maximum atomic E-state index is 9.34. The minimum Gasteiger partial charge on any atom is -0.508 e. The summed E-state index contributed by atoms with van der Waals surface area (Å²) in [6.45, 7) is 7.91. The normalized spacial score (nSPS) is 10.9. The van der Waals surface area contributed by atoms with Crippen molar-refractivity contribution < 1.29 is 5.11 Å². The van der Waals surface area contributed by atoms with Crippen molar-refractivity contribution in [2.24, 2.45) is 0 Å². The van der Waals surface area contributed by atoms with E-state index in [1.54, 1.807) is 6.07 Å². The van der Waals surface area contributed by atoms with Crippen molar-refractivity contribution in [1.82, 2.24) is 4.90 Å². The minimum absolute atomic E-state index is 0.374. The van der Waals surface area contributed by atoms with Crippen molar-refractivity contribution in [2.75, 3.05) is 19.6 Å². The predicted octanol–water partition coefficient (Wildman–Crippen LogP) is 3.06. The maximum Gasteiger partial charge on any atom is 0.115 e. The van der Waals surface area contributed by atoms with E-state index in [-0.39, 0.29) is 0 Å². The van der Waals surface area contributed by atoms with Crippen LogP contribution < -0.4 is 0 Å². The zero-order chi connectivity index (χ0) is 11.8. The fraction of sp³-hybridized carbons (Fsp3) is 0.571. The molecular weight excluding hydrogens is 198 g/mol. The van der Waals surface area contributed by atoms with Crippen LogP contribution in [0.4, 0.5) is 0 Å². The van der Waals surface area contributed by atoms with Gasteiger partial charge < -0.3 is 10.0 Å². The van der Waals surface area contributed by atoms with E-state index >= 15 is 0 Å². The molecule has 0 unspecified atom stereocenters. The highest BCUT2D eigenvalue weighted by Gasteiger charge is 2.01. The standard InChI is InChI=1S/C14H23NO/c1-3-10-15(4-2)11-6-8-13-7-5-9-14(16)12-13/h5,7,9,12,16H,3-4,6,8,10-11H2,1-2H3. The number of nitrogens with zero attached hydrogens (tertiary/aromatic N) is 1. The number of hydrogen-bond acceptors (Lipinski definition) is 2. The van der Waals surface area contributed by atoms with Gasteiger partial charge in [0.1, 0.15) is 5.75 Å². The van der Waals surface area contributed by atoms with Crippen molar-refractivity contribution in [3.8, 4) is 5.75 Å². The van der Waals surface area contributed by atoms with Gasteiger partial charge in [0, 0.05) is 0 Å². The van der Waals surface area contributed by atoms with Crippen molar-refractivity contribution in [3.63, 3.8) is 0 Å². The van der Waals surface area contributed by atoms with Gasteiger partial charge in [0.25, 0.3) is 0 Å². The molecule has 1 aromatic rings. The highest BCUT2D eigenvalue weighted by Crippen LogP contribution is 2.12. The molecule has 0 aromatic heterocycles. The first kappa shape index (κ1) is 13.0. The number of aryl methyl sites for hydroxylation is 1. The number of benzene rings is 1. The molecule has 0 fully saturated rings. The molecule has 1 N–H and O–H groups in total. The fourth-order valence-electron chi connectivity index (χ4n) is 1.96. The van der Waals surface area contributed by atoms with Crippen LogP contribution in [-0.4, -0.2) is 29.6 Å². The van der Waals surface area contributed by atoms with Crippen molar-refractivity contribution in [3.05, 3.63) is 29.8 Å². The Kier molecular flexibility index (Phi) is 5.94. The van der Waals surface area contributed by atoms with Gasteiger partial charge >= 0.3 is 0 Å². The second kappa shape index (κ2) is 7.29. The Morgan fingerprint density at radius 1 is 1.19 bits per heavy atom. The van der Waals surface area contributed by atoms with E-state index in [4.69, 9.17) is 0 Å². The monoisotopic (exact) mass is 221 g/mol. The van der Waals surface area contributed by atoms with Crippen LogP contribution >= 0.6 is 0 Å². The van der Waals surface area contributed by atoms with Crippen LogP contribution in [0.25, 0.3) is 0 Å². The smallest absolute Gasteiger partial charge is 0.115 e. The van der Waals surface area contributed by atoms with Gasteiger partial charge in [0.2, 0.25) is 0 Å². The molecule has 0 bridgehead atoms. The lowest BCUT2D eigenvalue weighted by Crippen LogP contribution is -2.25. The third-order valence-electron chi connectivity index (χ3n) is 2.84. The van der Waals surface area contributed by atoms with Crippen molar-refractivity contribution in [2.45, 2.75) is 33.1 Å². The zero-order valence-electron chi connectivity index (χ0n) is 10.4. The molecule has 0 heterocycles. The first-order valence-corrected chi connectivity index (χ1v) is 6.26. The molecule has 0 spiro atoms. The molecule has 0 aliphatic carbocycles. The number of phenolic OH excluding ortho intramolecular Hbond substituents is 1. The summed E-state index contributed by atoms with van der Waals surface area (Å²) in [5.74, 6) is 0.374. The maximum absolute atomic E-state index is 9.34. The summed E-state index contributed by atoms with van der Waals surface area (Å²) < 4.78 is 0. The molecule has 0 saturated heterocycles. The van der Waals surface area contributed by atoms with Gasteiger partial charge in [-0.05, 0) is 56.6 Å². The van der Waals surface area contributed by atoms with E-state index in [2.05, 4.69) is 24.8 Å². The second-order valence-electron chi connectivity index (χ2n) is 4.21. The Labute approximate surface area is 98.9 Å². The van der Waals surface area contributed by atoms with E-state index in [0.717, 1.165) is 25.9 Å². The summed E-state index contributed by atoms with van der Waals surface area (Å²) in [7, 11) is 0. The molecule has 0 aliphatic heterocycles. The summed E-state index contributed by atoms with van der Waals surface area (Å²) in [5.41, 5.74) is 1.23. The molecule has 0 aliphatic rings. The molecule has 2 heteroatoms. The van der Waals surface area contributed by atoms with Crippen LogP contribution in [0.3, 0.4) is 0 Å². The molecule has 16 heavy (non-hydrogen) atoms. The van der Waals surface area contributed by atoms with E-state index in [0.29, 0.717) is 5.75 Å². The number of rotatable bonds is 7. The van der Waals surface area contributed by atoms with E-state index < -0.39 is 0 Å². The van der Waals surface area contributed by atoms with Crippen LogP contribution in [0.2, 0.25) is 0 Å². The third-order valence-corrected chi connectivity index (χ3v) is 2.84. The Morgan fingerprint density at radius 3 is 2.62 bits per heavy atom. The Balaban J connectivity index is 2.29. The molecule has 0 saturated carbocycles. The molecule has 90 valence electrons. The van der Waals surface area contributed by atoms with Crippen molar-refractivity contribution in [1.29, 1.82) is 0 Å². The van der Waals surface area contributed by atoms with Crippen LogP contribution in [0.5, 0.6) is 5.75 Å². The molecule has 0 atom stereocenters. The lowest BCUT2D eigenvalue weighted by molar-refractivity contribution is 0.285. The van der Waals surface area contributed by atoms with E-state index in [9.17, 15) is 5.11 Å². The number of hydrogen-bond donors (Lipinski definition) is 1. The largest absolute Gasteiger partial charge is 0.508 e. The Bertz CT molecular complexity index is 299. The van der Waals surface area contributed by atoms with Gasteiger partial charge in [0.15, 0.2) is 0 Å². The summed E-state index contributed by atoms with van der Waals surface area (Å²) >= 11 is 0. The van der Waals surface area contributed by atoms with Crippen LogP contribution in [0.1, 0.15) is 32.3 Å². The average molecular weight is 221 g/mol. The van der Waals surface area contributed by atoms with Crippen LogP contribution in [-0.2, 0) is 6.42 Å². The molecule has 2 nitrogen and oxygen atoms in total. The first-order chi connectivity index (χ1) is 7.76. The highest BCUT2D eigenvalue weighted by molar-refractivity contribution is 5.27. The number of phenols is 1. The average Bonchev–Trinajstić information content (AvgIpc) is 2.28. The molecule has 1 aromatic carbocycles. The molecule has 0 amide bonds. The van der Waals surface area contributed by atoms with Crippen LogP contribution in [0.15, 0.2) is 24.3 Å². The van der Waals surface area contributed by atoms with E-state index in [1.807, 2.05) is 12.1 Å². The summed E-state index contributed by atoms with van der Waals surface area (Å²) in [5, 5.41) is 9.34. The van der Waals surface area contributed by atoms with Gasteiger partial charge in [-0.1, -0.05) is 26.0 Å². The predicted molar refractivity (Wildman–Crippen MR) is 68.8 cm³/mol. The Hall–Kier alpha value is -1.02. The quantitative estimate of drug-likeness (QED) is 0.765. The first-order valence-electron chi connectivity index (χ1n) is 6.26. The summed E-state index contributed by atoms with van der Waals surface area (Å²) in [6, 6.07) is 7.57. The lowest BCUT2D eigenvalue weighted by atomic mass is 10.1. The molecule has 0 radical (unpaired) electrons. The zero-order valence-corrected chi connectivity index (χ0v) is 10.4. The van der Waals surface area contributed by atoms with Gasteiger partial charge in [-0.2, -0.15) is 0 Å². The van der Waals surface area contributed by atoms with Gasteiger partial charge in [-0.3, -0.25) is 0 Å². The SMILES string of the molecule is CCCN(CC)CCCc1cccc(O)c1. The van der Waals surface area contributed by atoms with Gasteiger partial charge in [0.05, 0.1) is 0 Å². The summed E-state index contributed by atoms with van der Waals surface area (Å²) in [4.78, 5) is 2.47. The van der Waals surface area contributed by atoms with Gasteiger partial charge in [-0.25, -0.2) is 0 Å². The highest BCUT2D eigenvalue weighted by atomic mass is 16.3.